The van der Waals surface area contributed by atoms with Crippen LogP contribution in [0.4, 0.5) is 5.82 Å². The Labute approximate surface area is 125 Å². The zero-order valence-corrected chi connectivity index (χ0v) is 12.4. The predicted molar refractivity (Wildman–Crippen MR) is 84.4 cm³/mol. The Bertz CT molecular complexity index is 673. The summed E-state index contributed by atoms with van der Waals surface area (Å²) in [5.74, 6) is 1.10. The zero-order valence-electron chi connectivity index (χ0n) is 12.4. The summed E-state index contributed by atoms with van der Waals surface area (Å²) in [5.41, 5.74) is 1.44. The molecule has 1 aromatic carbocycles. The quantitative estimate of drug-likeness (QED) is 0.761. The molecule has 21 heavy (non-hydrogen) atoms. The van der Waals surface area contributed by atoms with Crippen molar-refractivity contribution in [3.63, 3.8) is 0 Å². The number of carbonyl (C=O) groups excluding carboxylic acids is 1. The largest absolute Gasteiger partial charge is 0.355 e. The molecule has 0 radical (unpaired) electrons. The number of fused-ring (bicyclic) bond motifs is 1. The van der Waals surface area contributed by atoms with Crippen molar-refractivity contribution >= 4 is 23.0 Å². The van der Waals surface area contributed by atoms with E-state index in [1.54, 1.807) is 0 Å². The Kier molecular flexibility index (Phi) is 4.89. The van der Waals surface area contributed by atoms with Crippen LogP contribution in [0.25, 0.3) is 10.9 Å². The third-order valence-electron chi connectivity index (χ3n) is 3.24. The van der Waals surface area contributed by atoms with Gasteiger partial charge in [0.25, 0.3) is 0 Å². The van der Waals surface area contributed by atoms with E-state index in [0.29, 0.717) is 30.3 Å². The number of hydrogen-bond acceptors (Lipinski definition) is 4. The van der Waals surface area contributed by atoms with Crippen LogP contribution in [-0.2, 0) is 0 Å². The van der Waals surface area contributed by atoms with Crippen molar-refractivity contribution in [2.24, 2.45) is 5.92 Å². The van der Waals surface area contributed by atoms with Crippen LogP contribution in [0.15, 0.2) is 30.3 Å². The van der Waals surface area contributed by atoms with Crippen LogP contribution in [0.1, 0.15) is 30.6 Å². The predicted octanol–water partition coefficient (Wildman–Crippen LogP) is 3.42. The maximum Gasteiger partial charge on any atom is 0.153 e. The topological polar surface area (TPSA) is 57.0 Å². The number of nitrogens with zero attached hydrogens (tertiary/aromatic N) is 3. The van der Waals surface area contributed by atoms with Crippen molar-refractivity contribution in [2.45, 2.75) is 20.3 Å². The molecule has 1 heterocycles. The summed E-state index contributed by atoms with van der Waals surface area (Å²) >= 11 is 0. The number of nitriles is 1. The van der Waals surface area contributed by atoms with Crippen LogP contribution in [0.2, 0.25) is 0 Å². The van der Waals surface area contributed by atoms with E-state index >= 15 is 0 Å². The van der Waals surface area contributed by atoms with Crippen molar-refractivity contribution < 1.29 is 4.79 Å². The lowest BCUT2D eigenvalue weighted by atomic mass is 10.1. The van der Waals surface area contributed by atoms with Crippen LogP contribution < -0.4 is 4.90 Å². The average Bonchev–Trinajstić information content (AvgIpc) is 2.49. The minimum Gasteiger partial charge on any atom is -0.355 e. The van der Waals surface area contributed by atoms with Gasteiger partial charge in [0.05, 0.1) is 23.6 Å². The highest BCUT2D eigenvalue weighted by atomic mass is 16.1. The molecule has 0 fully saturated rings. The molecule has 0 spiro atoms. The highest BCUT2D eigenvalue weighted by Crippen LogP contribution is 2.23. The fourth-order valence-corrected chi connectivity index (χ4v) is 2.37. The SMILES string of the molecule is CC(C)CN(CCC#N)c1nc2ccccc2cc1C=O. The van der Waals surface area contributed by atoms with E-state index in [4.69, 9.17) is 5.26 Å². The van der Waals surface area contributed by atoms with Crippen molar-refractivity contribution in [3.05, 3.63) is 35.9 Å². The normalized spacial score (nSPS) is 10.6. The summed E-state index contributed by atoms with van der Waals surface area (Å²) < 4.78 is 0. The lowest BCUT2D eigenvalue weighted by molar-refractivity contribution is 0.112. The van der Waals surface area contributed by atoms with Crippen LogP contribution in [0.3, 0.4) is 0 Å². The number of pyridine rings is 1. The first kappa shape index (κ1) is 15.0. The smallest absolute Gasteiger partial charge is 0.153 e. The van der Waals surface area contributed by atoms with Gasteiger partial charge in [-0.05, 0) is 18.1 Å². The van der Waals surface area contributed by atoms with Crippen LogP contribution in [0, 0.1) is 17.2 Å². The van der Waals surface area contributed by atoms with E-state index in [0.717, 1.165) is 23.7 Å². The van der Waals surface area contributed by atoms with E-state index in [9.17, 15) is 4.79 Å². The molecular weight excluding hydrogens is 262 g/mol. The second kappa shape index (κ2) is 6.85. The summed E-state index contributed by atoms with van der Waals surface area (Å²) in [4.78, 5) is 18.1. The summed E-state index contributed by atoms with van der Waals surface area (Å²) in [6, 6.07) is 11.8. The van der Waals surface area contributed by atoms with E-state index in [1.807, 2.05) is 35.2 Å². The van der Waals surface area contributed by atoms with Gasteiger partial charge in [0.1, 0.15) is 5.82 Å². The summed E-state index contributed by atoms with van der Waals surface area (Å²) in [6.07, 6.45) is 1.26. The average molecular weight is 281 g/mol. The minimum atomic E-state index is 0.416. The van der Waals surface area contributed by atoms with Gasteiger partial charge in [-0.3, -0.25) is 4.79 Å². The van der Waals surface area contributed by atoms with E-state index in [1.165, 1.54) is 0 Å². The standard InChI is InChI=1S/C17H19N3O/c1-13(2)11-20(9-5-8-18)17-15(12-21)10-14-6-3-4-7-16(14)19-17/h3-4,6-7,10,12-13H,5,9,11H2,1-2H3. The Balaban J connectivity index is 2.48. The van der Waals surface area contributed by atoms with E-state index in [2.05, 4.69) is 24.9 Å². The first-order valence-electron chi connectivity index (χ1n) is 7.12. The van der Waals surface area contributed by atoms with Gasteiger partial charge in [-0.25, -0.2) is 4.98 Å². The molecule has 0 amide bonds. The highest BCUT2D eigenvalue weighted by Gasteiger charge is 2.15. The molecule has 0 saturated carbocycles. The molecule has 0 bridgehead atoms. The van der Waals surface area contributed by atoms with E-state index in [-0.39, 0.29) is 0 Å². The number of rotatable bonds is 6. The number of aldehydes is 1. The third kappa shape index (κ3) is 3.57. The summed E-state index contributed by atoms with van der Waals surface area (Å²) in [7, 11) is 0. The number of hydrogen-bond donors (Lipinski definition) is 0. The molecule has 4 nitrogen and oxygen atoms in total. The highest BCUT2D eigenvalue weighted by molar-refractivity contribution is 5.91. The molecule has 0 saturated heterocycles. The molecule has 0 aliphatic carbocycles. The lowest BCUT2D eigenvalue weighted by Gasteiger charge is -2.26. The Morgan fingerprint density at radius 2 is 2.14 bits per heavy atom. The van der Waals surface area contributed by atoms with Crippen molar-refractivity contribution in [3.8, 4) is 6.07 Å². The first-order chi connectivity index (χ1) is 10.2. The number of aromatic nitrogens is 1. The Hall–Kier alpha value is -2.41. The fraction of sp³-hybridized carbons (Fsp3) is 0.353. The molecule has 108 valence electrons. The van der Waals surface area contributed by atoms with Gasteiger partial charge in [-0.2, -0.15) is 5.26 Å². The van der Waals surface area contributed by atoms with Crippen LogP contribution in [-0.4, -0.2) is 24.4 Å². The third-order valence-corrected chi connectivity index (χ3v) is 3.24. The molecule has 2 rings (SSSR count). The number of benzene rings is 1. The molecule has 4 heteroatoms. The second-order valence-electron chi connectivity index (χ2n) is 5.46. The molecule has 0 aliphatic rings. The molecular formula is C17H19N3O. The molecule has 0 aliphatic heterocycles. The molecule has 0 unspecified atom stereocenters. The molecule has 2 aromatic rings. The lowest BCUT2D eigenvalue weighted by Crippen LogP contribution is -2.30. The van der Waals surface area contributed by atoms with Gasteiger partial charge in [0.2, 0.25) is 0 Å². The van der Waals surface area contributed by atoms with Gasteiger partial charge in [-0.1, -0.05) is 32.0 Å². The van der Waals surface area contributed by atoms with Gasteiger partial charge < -0.3 is 4.90 Å². The maximum absolute atomic E-state index is 11.4. The zero-order chi connectivity index (χ0) is 15.2. The number of para-hydroxylation sites is 1. The van der Waals surface area contributed by atoms with E-state index < -0.39 is 0 Å². The minimum absolute atomic E-state index is 0.416. The van der Waals surface area contributed by atoms with Crippen molar-refractivity contribution in [1.29, 1.82) is 5.26 Å². The van der Waals surface area contributed by atoms with Gasteiger partial charge in [0.15, 0.2) is 6.29 Å². The van der Waals surface area contributed by atoms with Crippen molar-refractivity contribution in [2.75, 3.05) is 18.0 Å². The maximum atomic E-state index is 11.4. The van der Waals surface area contributed by atoms with Crippen LogP contribution in [0.5, 0.6) is 0 Å². The molecule has 1 aromatic heterocycles. The fourth-order valence-electron chi connectivity index (χ4n) is 2.37. The Morgan fingerprint density at radius 3 is 2.81 bits per heavy atom. The summed E-state index contributed by atoms with van der Waals surface area (Å²) in [6.45, 7) is 5.58. The van der Waals surface area contributed by atoms with Gasteiger partial charge in [0, 0.05) is 18.5 Å². The molecule has 0 atom stereocenters. The second-order valence-corrected chi connectivity index (χ2v) is 5.46. The van der Waals surface area contributed by atoms with Gasteiger partial charge >= 0.3 is 0 Å². The number of carbonyl (C=O) groups is 1. The van der Waals surface area contributed by atoms with Crippen molar-refractivity contribution in [1.82, 2.24) is 4.98 Å². The number of anilines is 1. The monoisotopic (exact) mass is 281 g/mol. The molecule has 0 N–H and O–H groups in total. The van der Waals surface area contributed by atoms with Crippen LogP contribution >= 0.6 is 0 Å². The Morgan fingerprint density at radius 1 is 1.38 bits per heavy atom. The summed E-state index contributed by atoms with van der Waals surface area (Å²) in [5, 5.41) is 9.78. The van der Waals surface area contributed by atoms with Gasteiger partial charge in [-0.15, -0.1) is 0 Å². The first-order valence-corrected chi connectivity index (χ1v) is 7.12.